The molecule has 0 aromatic rings. The number of hydrogen-bond acceptors (Lipinski definition) is 1. The van der Waals surface area contributed by atoms with E-state index in [1.54, 1.807) is 0 Å². The van der Waals surface area contributed by atoms with Crippen LogP contribution in [0, 0.1) is 0 Å². The Morgan fingerprint density at radius 1 is 2.33 bits per heavy atom. The first kappa shape index (κ1) is 3.36. The molecule has 3 nitrogen and oxygen atoms in total. The number of nitrogens with two attached hydrogens (primary N) is 1. The normalized spacial score (nSPS) is 8.67. The molecule has 36 valence electrons. The van der Waals surface area contributed by atoms with Crippen molar-refractivity contribution in [2.75, 3.05) is 0 Å². The average molecular weight is 91.1 g/mol. The van der Waals surface area contributed by atoms with Crippen LogP contribution in [0.5, 0.6) is 0 Å². The van der Waals surface area contributed by atoms with Crippen molar-refractivity contribution < 1.29 is 10.3 Å². The van der Waals surface area contributed by atoms with Gasteiger partial charge in [0.25, 0.3) is 0 Å². The molecule has 0 unspecified atom stereocenters. The smallest absolute Gasteiger partial charge is 0.240 e. The van der Waals surface area contributed by atoms with Crippen molar-refractivity contribution in [1.82, 2.24) is 0 Å². The van der Waals surface area contributed by atoms with E-state index < -0.39 is 5.91 Å². The summed E-state index contributed by atoms with van der Waals surface area (Å²) in [5, 5.41) is 0. The molecule has 0 spiro atoms. The van der Waals surface area contributed by atoms with E-state index in [-0.39, 0.29) is 0 Å². The van der Waals surface area contributed by atoms with Gasteiger partial charge in [0, 0.05) is 0 Å². The Morgan fingerprint density at radius 2 is 2.50 bits per heavy atom. The molecule has 0 saturated carbocycles. The highest BCUT2D eigenvalue weighted by molar-refractivity contribution is 5.84. The Bertz CT molecular complexity index is 75.7. The molecule has 0 aliphatic carbocycles. The van der Waals surface area contributed by atoms with Gasteiger partial charge in [-0.15, -0.1) is 0 Å². The van der Waals surface area contributed by atoms with Gasteiger partial charge >= 0.3 is 0 Å². The number of carbonyl (C=O) groups excluding carboxylic acids is 1. The van der Waals surface area contributed by atoms with Crippen molar-refractivity contribution in [2.24, 2.45) is 5.73 Å². The van der Waals surface area contributed by atoms with E-state index in [4.69, 9.17) is 2.86 Å². The van der Waals surface area contributed by atoms with E-state index in [0.29, 0.717) is 0 Å². The molecule has 0 bridgehead atoms. The summed E-state index contributed by atoms with van der Waals surface area (Å²) in [6.07, 6.45) is 1.06. The molecule has 1 amide bonds. The number of primary amides is 1. The second kappa shape index (κ2) is 4.17. The van der Waals surface area contributed by atoms with Crippen LogP contribution < -0.4 is 5.73 Å². The lowest BCUT2D eigenvalue weighted by molar-refractivity contribution is -0.113. The van der Waals surface area contributed by atoms with Gasteiger partial charge in [-0.2, -0.15) is 0 Å². The van der Waals surface area contributed by atoms with Crippen molar-refractivity contribution in [2.45, 2.75) is 0 Å². The SMILES string of the molecule is C=CC(N)=O.[2H]O[2H]. The van der Waals surface area contributed by atoms with Gasteiger partial charge in [-0.05, 0) is 6.08 Å². The van der Waals surface area contributed by atoms with Crippen molar-refractivity contribution >= 4 is 5.91 Å². The maximum absolute atomic E-state index is 9.47. The molecule has 0 aliphatic rings. The van der Waals surface area contributed by atoms with E-state index in [0.717, 1.165) is 6.08 Å². The predicted molar refractivity (Wildman–Crippen MR) is 23.0 cm³/mol. The third kappa shape index (κ3) is 10.9. The molecule has 3 heteroatoms. The molecule has 4 N–H and O–H groups in total. The Hall–Kier alpha value is -0.830. The lowest BCUT2D eigenvalue weighted by Crippen LogP contribution is -2.04. The van der Waals surface area contributed by atoms with Crippen molar-refractivity contribution in [3.8, 4) is 0 Å². The highest BCUT2D eigenvalue weighted by Crippen LogP contribution is 1.48. The van der Waals surface area contributed by atoms with E-state index in [2.05, 4.69) is 17.8 Å². The largest absolute Gasteiger partial charge is 0.412 e. The highest BCUT2D eigenvalue weighted by atomic mass is 16.1. The van der Waals surface area contributed by atoms with Gasteiger partial charge in [-0.1, -0.05) is 6.58 Å². The lowest BCUT2D eigenvalue weighted by atomic mass is 10.6. The third-order valence-corrected chi connectivity index (χ3v) is 0.201. The van der Waals surface area contributed by atoms with Crippen LogP contribution in [-0.4, -0.2) is 14.3 Å². The van der Waals surface area contributed by atoms with Gasteiger partial charge < -0.3 is 11.2 Å². The first-order valence-electron chi connectivity index (χ1n) is 2.01. The summed E-state index contributed by atoms with van der Waals surface area (Å²) >= 11 is 0. The fraction of sp³-hybridized carbons (Fsp3) is 0. The molecule has 0 radical (unpaired) electrons. The van der Waals surface area contributed by atoms with Crippen LogP contribution in [0.2, 0.25) is 0 Å². The van der Waals surface area contributed by atoms with Gasteiger partial charge in [0.1, 0.15) is 0 Å². The van der Waals surface area contributed by atoms with E-state index in [1.807, 2.05) is 0 Å². The molecule has 0 atom stereocenters. The molecule has 0 fully saturated rings. The predicted octanol–water partition coefficient (Wildman–Crippen LogP) is -1.17. The number of hydrogen-bond donors (Lipinski definition) is 1. The minimum atomic E-state index is -0.481. The average Bonchev–Trinajstić information content (AvgIpc) is 1.69. The Labute approximate surface area is 38.7 Å². The van der Waals surface area contributed by atoms with Crippen LogP contribution in [0.4, 0.5) is 0 Å². The maximum Gasteiger partial charge on any atom is 0.240 e. The second-order valence-corrected chi connectivity index (χ2v) is 0.606. The van der Waals surface area contributed by atoms with E-state index in [9.17, 15) is 4.79 Å². The zero-order valence-electron chi connectivity index (χ0n) is 5.18. The van der Waals surface area contributed by atoms with Crippen LogP contribution >= 0.6 is 0 Å². The molecule has 0 aromatic heterocycles. The molecular weight excluding hydrogens is 82.0 g/mol. The Morgan fingerprint density at radius 3 is 2.50 bits per heavy atom. The van der Waals surface area contributed by atoms with Crippen LogP contribution in [0.1, 0.15) is 0 Å². The molecular formula is C3H7NO2. The number of amides is 1. The summed E-state index contributed by atoms with van der Waals surface area (Å²) < 4.78 is 10.8. The lowest BCUT2D eigenvalue weighted by Gasteiger charge is -1.65. The van der Waals surface area contributed by atoms with Crippen molar-refractivity contribution in [3.05, 3.63) is 12.7 Å². The van der Waals surface area contributed by atoms with Gasteiger partial charge in [0.2, 0.25) is 8.77 Å². The summed E-state index contributed by atoms with van der Waals surface area (Å²) in [5.74, 6) is -0.481. The highest BCUT2D eigenvalue weighted by Gasteiger charge is 1.69. The molecule has 0 aromatic carbocycles. The third-order valence-electron chi connectivity index (χ3n) is 0.201. The van der Waals surface area contributed by atoms with Crippen molar-refractivity contribution in [1.29, 1.82) is 2.86 Å². The fourth-order valence-corrected chi connectivity index (χ4v) is 0. The standard InChI is InChI=1S/C3H5NO.H2O/c1-2-3(4)5;/h2H,1H2,(H2,4,5);1H2/i/hD2. The van der Waals surface area contributed by atoms with Crippen LogP contribution in [0.15, 0.2) is 12.7 Å². The molecule has 0 heterocycles. The topological polar surface area (TPSA) is 74.6 Å². The summed E-state index contributed by atoms with van der Waals surface area (Å²) in [6.45, 7) is 3.09. The molecule has 0 saturated heterocycles. The van der Waals surface area contributed by atoms with E-state index in [1.165, 1.54) is 0 Å². The quantitative estimate of drug-likeness (QED) is 0.406. The van der Waals surface area contributed by atoms with Gasteiger partial charge in [0.05, 0.1) is 0 Å². The molecule has 6 heavy (non-hydrogen) atoms. The van der Waals surface area contributed by atoms with Gasteiger partial charge in [0.15, 0.2) is 0 Å². The van der Waals surface area contributed by atoms with Gasteiger partial charge in [-0.3, -0.25) is 4.79 Å². The minimum absolute atomic E-state index is 0.481. The molecule has 0 rings (SSSR count). The first-order valence-corrected chi connectivity index (χ1v) is 1.19. The van der Waals surface area contributed by atoms with Crippen LogP contribution in [-0.2, 0) is 4.79 Å². The van der Waals surface area contributed by atoms with Crippen LogP contribution in [0.25, 0.3) is 0 Å². The number of carbonyl (C=O) groups is 1. The number of rotatable bonds is 1. The maximum atomic E-state index is 9.47. The monoisotopic (exact) mass is 91.1 g/mol. The summed E-state index contributed by atoms with van der Waals surface area (Å²) in [4.78, 5) is 9.47. The zero-order chi connectivity index (χ0) is 6.99. The Kier molecular flexibility index (Phi) is 2.34. The minimum Gasteiger partial charge on any atom is -0.412 e. The molecule has 0 aliphatic heterocycles. The van der Waals surface area contributed by atoms with Crippen molar-refractivity contribution in [3.63, 3.8) is 0 Å². The van der Waals surface area contributed by atoms with Crippen LogP contribution in [0.3, 0.4) is 0 Å². The van der Waals surface area contributed by atoms with Gasteiger partial charge in [-0.25, -0.2) is 0 Å². The fourth-order valence-electron chi connectivity index (χ4n) is 0. The Balaban J connectivity index is 0. The zero-order valence-corrected chi connectivity index (χ0v) is 3.18. The first-order chi connectivity index (χ1) is 3.68. The summed E-state index contributed by atoms with van der Waals surface area (Å²) in [5.41, 5.74) is 7.28. The summed E-state index contributed by atoms with van der Waals surface area (Å²) in [7, 11) is 0. The van der Waals surface area contributed by atoms with E-state index >= 15 is 0 Å². The second-order valence-electron chi connectivity index (χ2n) is 0.606. The summed E-state index contributed by atoms with van der Waals surface area (Å²) in [6, 6.07) is 0.